The molecule has 2 N–H and O–H groups in total. The molecule has 2 amide bonds. The third-order valence-corrected chi connectivity index (χ3v) is 4.11. The predicted octanol–water partition coefficient (Wildman–Crippen LogP) is 2.53. The molecule has 1 aliphatic rings. The van der Waals surface area contributed by atoms with Crippen LogP contribution in [-0.4, -0.2) is 55.5 Å². The van der Waals surface area contributed by atoms with Crippen LogP contribution in [-0.2, 0) is 9.47 Å². The van der Waals surface area contributed by atoms with Gasteiger partial charge in [0.2, 0.25) is 5.88 Å². The fourth-order valence-corrected chi connectivity index (χ4v) is 2.61. The van der Waals surface area contributed by atoms with Crippen LogP contribution in [0.1, 0.15) is 50.4 Å². The molecule has 0 atom stereocenters. The second-order valence-corrected chi connectivity index (χ2v) is 7.79. The molecule has 0 radical (unpaired) electrons. The Morgan fingerprint density at radius 1 is 1.18 bits per heavy atom. The van der Waals surface area contributed by atoms with E-state index in [1.165, 1.54) is 6.20 Å². The molecule has 0 aliphatic carbocycles. The third kappa shape index (κ3) is 8.56. The maximum absolute atomic E-state index is 12.1. The van der Waals surface area contributed by atoms with E-state index in [0.29, 0.717) is 43.5 Å². The van der Waals surface area contributed by atoms with E-state index in [0.717, 1.165) is 26.1 Å². The summed E-state index contributed by atoms with van der Waals surface area (Å²) in [5, 5.41) is 5.45. The number of alkyl carbamates (subject to hydrolysis) is 1. The maximum atomic E-state index is 12.1. The predicted molar refractivity (Wildman–Crippen MR) is 104 cm³/mol. The van der Waals surface area contributed by atoms with Gasteiger partial charge in [-0.05, 0) is 52.0 Å². The quantitative estimate of drug-likeness (QED) is 0.659. The van der Waals surface area contributed by atoms with Crippen LogP contribution in [0.2, 0.25) is 0 Å². The summed E-state index contributed by atoms with van der Waals surface area (Å²) in [7, 11) is 0. The zero-order chi connectivity index (χ0) is 20.4. The molecule has 8 heteroatoms. The van der Waals surface area contributed by atoms with Gasteiger partial charge in [0, 0.05) is 38.6 Å². The van der Waals surface area contributed by atoms with E-state index in [9.17, 15) is 9.59 Å². The number of hydrogen-bond acceptors (Lipinski definition) is 6. The Morgan fingerprint density at radius 2 is 1.89 bits per heavy atom. The number of hydrogen-bond donors (Lipinski definition) is 2. The smallest absolute Gasteiger partial charge is 0.407 e. The molecule has 0 aromatic carbocycles. The van der Waals surface area contributed by atoms with Gasteiger partial charge in [-0.2, -0.15) is 0 Å². The van der Waals surface area contributed by atoms with E-state index >= 15 is 0 Å². The largest absolute Gasteiger partial charge is 0.477 e. The van der Waals surface area contributed by atoms with E-state index < -0.39 is 11.7 Å². The second-order valence-electron chi connectivity index (χ2n) is 7.79. The first-order valence-electron chi connectivity index (χ1n) is 9.75. The van der Waals surface area contributed by atoms with Crippen molar-refractivity contribution in [1.29, 1.82) is 0 Å². The highest BCUT2D eigenvalue weighted by molar-refractivity contribution is 5.93. The number of nitrogens with one attached hydrogen (secondary N) is 2. The minimum atomic E-state index is -0.522. The number of aromatic nitrogens is 1. The molecule has 1 aliphatic heterocycles. The van der Waals surface area contributed by atoms with Gasteiger partial charge in [0.25, 0.3) is 5.91 Å². The Balaban J connectivity index is 1.62. The van der Waals surface area contributed by atoms with E-state index in [1.54, 1.807) is 12.1 Å². The average Bonchev–Trinajstić information content (AvgIpc) is 2.66. The van der Waals surface area contributed by atoms with E-state index in [-0.39, 0.29) is 5.91 Å². The number of amides is 2. The fraction of sp³-hybridized carbons (Fsp3) is 0.650. The van der Waals surface area contributed by atoms with Gasteiger partial charge < -0.3 is 24.8 Å². The van der Waals surface area contributed by atoms with Gasteiger partial charge in [-0.25, -0.2) is 9.78 Å². The Bertz CT molecular complexity index is 622. The SMILES string of the molecule is CC(C)(C)OC(=O)NCCCNC(=O)c1ccc(OCC2CCOCC2)nc1. The van der Waals surface area contributed by atoms with Crippen LogP contribution in [0.4, 0.5) is 4.79 Å². The summed E-state index contributed by atoms with van der Waals surface area (Å²) in [6.07, 6.45) is 3.66. The van der Waals surface area contributed by atoms with Crippen LogP contribution in [0, 0.1) is 5.92 Å². The Labute approximate surface area is 166 Å². The van der Waals surface area contributed by atoms with Crippen molar-refractivity contribution in [2.75, 3.05) is 32.9 Å². The lowest BCUT2D eigenvalue weighted by Gasteiger charge is -2.21. The molecule has 8 nitrogen and oxygen atoms in total. The molecule has 1 aromatic rings. The molecule has 0 unspecified atom stereocenters. The maximum Gasteiger partial charge on any atom is 0.407 e. The second kappa shape index (κ2) is 10.8. The van der Waals surface area contributed by atoms with Crippen molar-refractivity contribution in [3.63, 3.8) is 0 Å². The first-order valence-corrected chi connectivity index (χ1v) is 9.75. The van der Waals surface area contributed by atoms with Crippen molar-refractivity contribution in [1.82, 2.24) is 15.6 Å². The highest BCUT2D eigenvalue weighted by Gasteiger charge is 2.16. The van der Waals surface area contributed by atoms with Crippen molar-refractivity contribution < 1.29 is 23.8 Å². The van der Waals surface area contributed by atoms with Crippen molar-refractivity contribution in [3.8, 4) is 5.88 Å². The van der Waals surface area contributed by atoms with Gasteiger partial charge in [0.15, 0.2) is 0 Å². The average molecular weight is 393 g/mol. The van der Waals surface area contributed by atoms with E-state index in [4.69, 9.17) is 14.2 Å². The summed E-state index contributed by atoms with van der Waals surface area (Å²) in [4.78, 5) is 27.8. The number of ether oxygens (including phenoxy) is 3. The van der Waals surface area contributed by atoms with E-state index in [1.807, 2.05) is 20.8 Å². The molecular weight excluding hydrogens is 362 g/mol. The minimum absolute atomic E-state index is 0.208. The molecule has 2 rings (SSSR count). The minimum Gasteiger partial charge on any atom is -0.477 e. The van der Waals surface area contributed by atoms with Crippen LogP contribution < -0.4 is 15.4 Å². The third-order valence-electron chi connectivity index (χ3n) is 4.11. The molecule has 28 heavy (non-hydrogen) atoms. The number of carbonyl (C=O) groups excluding carboxylic acids is 2. The number of rotatable bonds is 8. The summed E-state index contributed by atoms with van der Waals surface area (Å²) >= 11 is 0. The molecule has 156 valence electrons. The Kier molecular flexibility index (Phi) is 8.50. The number of pyridine rings is 1. The normalized spacial score (nSPS) is 15.0. The van der Waals surface area contributed by atoms with E-state index in [2.05, 4.69) is 15.6 Å². The lowest BCUT2D eigenvalue weighted by Crippen LogP contribution is -2.34. The highest BCUT2D eigenvalue weighted by atomic mass is 16.6. The Hall–Kier alpha value is -2.35. The fourth-order valence-electron chi connectivity index (χ4n) is 2.61. The number of nitrogens with zero attached hydrogens (tertiary/aromatic N) is 1. The molecule has 0 saturated carbocycles. The topological polar surface area (TPSA) is 98.8 Å². The summed E-state index contributed by atoms with van der Waals surface area (Å²) in [5.41, 5.74) is -0.0510. The first-order chi connectivity index (χ1) is 13.3. The summed E-state index contributed by atoms with van der Waals surface area (Å²) in [6, 6.07) is 3.40. The lowest BCUT2D eigenvalue weighted by molar-refractivity contribution is 0.0490. The van der Waals surface area contributed by atoms with Gasteiger partial charge in [0.05, 0.1) is 12.2 Å². The van der Waals surface area contributed by atoms with Crippen LogP contribution in [0.25, 0.3) is 0 Å². The summed E-state index contributed by atoms with van der Waals surface area (Å²) in [6.45, 7) is 8.48. The molecule has 1 saturated heterocycles. The zero-order valence-electron chi connectivity index (χ0n) is 17.0. The standard InChI is InChI=1S/C20H31N3O5/c1-20(2,3)28-19(25)22-10-4-9-21-18(24)16-5-6-17(23-13-16)27-14-15-7-11-26-12-8-15/h5-6,13,15H,4,7-12,14H2,1-3H3,(H,21,24)(H,22,25). The highest BCUT2D eigenvalue weighted by Crippen LogP contribution is 2.16. The van der Waals surface area contributed by atoms with Gasteiger partial charge in [0.1, 0.15) is 5.60 Å². The zero-order valence-corrected chi connectivity index (χ0v) is 17.0. The first kappa shape index (κ1) is 21.9. The van der Waals surface area contributed by atoms with Gasteiger partial charge in [-0.15, -0.1) is 0 Å². The van der Waals surface area contributed by atoms with Gasteiger partial charge >= 0.3 is 6.09 Å². The van der Waals surface area contributed by atoms with Crippen LogP contribution in [0.5, 0.6) is 5.88 Å². The van der Waals surface area contributed by atoms with Crippen molar-refractivity contribution in [3.05, 3.63) is 23.9 Å². The molecule has 1 aromatic heterocycles. The van der Waals surface area contributed by atoms with Crippen LogP contribution in [0.15, 0.2) is 18.3 Å². The monoisotopic (exact) mass is 393 g/mol. The van der Waals surface area contributed by atoms with Crippen LogP contribution in [0.3, 0.4) is 0 Å². The Morgan fingerprint density at radius 3 is 2.54 bits per heavy atom. The van der Waals surface area contributed by atoms with Crippen molar-refractivity contribution in [2.24, 2.45) is 5.92 Å². The van der Waals surface area contributed by atoms with Gasteiger partial charge in [-0.1, -0.05) is 0 Å². The molecule has 2 heterocycles. The molecular formula is C20H31N3O5. The van der Waals surface area contributed by atoms with Crippen molar-refractivity contribution >= 4 is 12.0 Å². The summed E-state index contributed by atoms with van der Waals surface area (Å²) < 4.78 is 16.2. The lowest BCUT2D eigenvalue weighted by atomic mass is 10.0. The molecule has 0 bridgehead atoms. The molecule has 1 fully saturated rings. The summed E-state index contributed by atoms with van der Waals surface area (Å²) in [5.74, 6) is 0.804. The number of carbonyl (C=O) groups is 2. The van der Waals surface area contributed by atoms with Crippen molar-refractivity contribution in [2.45, 2.75) is 45.6 Å². The van der Waals surface area contributed by atoms with Gasteiger partial charge in [-0.3, -0.25) is 4.79 Å². The molecule has 0 spiro atoms. The van der Waals surface area contributed by atoms with Crippen LogP contribution >= 0.6 is 0 Å².